The summed E-state index contributed by atoms with van der Waals surface area (Å²) in [5, 5.41) is 11.0. The predicted octanol–water partition coefficient (Wildman–Crippen LogP) is 3.35. The van der Waals surface area contributed by atoms with Crippen LogP contribution >= 0.6 is 0 Å². The van der Waals surface area contributed by atoms with E-state index in [4.69, 9.17) is 4.74 Å². The summed E-state index contributed by atoms with van der Waals surface area (Å²) in [6, 6.07) is 25.3. The molecule has 0 amide bonds. The second-order valence-corrected chi connectivity index (χ2v) is 7.16. The summed E-state index contributed by atoms with van der Waals surface area (Å²) in [5.74, 6) is 0.380. The van der Waals surface area contributed by atoms with Crippen molar-refractivity contribution < 1.29 is 9.84 Å². The number of methoxy groups -OCH3 is 1. The first-order valence-electron chi connectivity index (χ1n) is 9.88. The molecule has 0 aliphatic heterocycles. The van der Waals surface area contributed by atoms with Crippen molar-refractivity contribution in [3.05, 3.63) is 122 Å². The van der Waals surface area contributed by atoms with E-state index in [1.54, 1.807) is 43.5 Å². The fourth-order valence-corrected chi connectivity index (χ4v) is 3.51. The summed E-state index contributed by atoms with van der Waals surface area (Å²) >= 11 is 0. The Balaban J connectivity index is 1.89. The number of hydrogen-bond donors (Lipinski definition) is 1. The van der Waals surface area contributed by atoms with Crippen LogP contribution in [0.4, 0.5) is 0 Å². The lowest BCUT2D eigenvalue weighted by Gasteiger charge is -2.16. The van der Waals surface area contributed by atoms with Crippen molar-refractivity contribution in [3.8, 4) is 17.3 Å². The predicted molar refractivity (Wildman–Crippen MR) is 119 cm³/mol. The van der Waals surface area contributed by atoms with E-state index in [1.165, 1.54) is 4.57 Å². The Morgan fingerprint density at radius 2 is 1.42 bits per heavy atom. The van der Waals surface area contributed by atoms with Crippen molar-refractivity contribution in [2.75, 3.05) is 7.11 Å². The van der Waals surface area contributed by atoms with Gasteiger partial charge in [-0.25, -0.2) is 9.36 Å². The van der Waals surface area contributed by atoms with Gasteiger partial charge in [0.1, 0.15) is 5.75 Å². The molecule has 156 valence electrons. The van der Waals surface area contributed by atoms with Crippen molar-refractivity contribution >= 4 is 0 Å². The standard InChI is InChI=1S/C25H22N2O4/c1-31-21-14-12-18(13-15-21)16-22-23(28)26(17-19-8-4-2-5-9-19)25(30)27(24(22)29)20-10-6-3-7-11-20/h2-15,28H,16-17H2,1H3. The monoisotopic (exact) mass is 414 g/mol. The van der Waals surface area contributed by atoms with Crippen LogP contribution in [-0.4, -0.2) is 21.4 Å². The van der Waals surface area contributed by atoms with E-state index in [1.807, 2.05) is 48.5 Å². The normalized spacial score (nSPS) is 10.7. The first kappa shape index (κ1) is 20.2. The maximum atomic E-state index is 13.3. The number of rotatable bonds is 6. The molecule has 1 aromatic heterocycles. The number of hydrogen-bond acceptors (Lipinski definition) is 4. The van der Waals surface area contributed by atoms with Crippen LogP contribution in [0.5, 0.6) is 11.6 Å². The van der Waals surface area contributed by atoms with Crippen LogP contribution < -0.4 is 16.0 Å². The van der Waals surface area contributed by atoms with Crippen LogP contribution in [-0.2, 0) is 13.0 Å². The molecule has 0 radical (unpaired) electrons. The molecule has 31 heavy (non-hydrogen) atoms. The summed E-state index contributed by atoms with van der Waals surface area (Å²) in [5.41, 5.74) is 1.15. The van der Waals surface area contributed by atoms with Gasteiger partial charge in [0.05, 0.1) is 24.9 Å². The van der Waals surface area contributed by atoms with Crippen LogP contribution in [0.25, 0.3) is 5.69 Å². The molecule has 4 rings (SSSR count). The number of nitrogens with zero attached hydrogens (tertiary/aromatic N) is 2. The van der Waals surface area contributed by atoms with Gasteiger partial charge < -0.3 is 9.84 Å². The van der Waals surface area contributed by atoms with Gasteiger partial charge in [-0.05, 0) is 35.4 Å². The zero-order valence-electron chi connectivity index (χ0n) is 17.1. The molecule has 1 N–H and O–H groups in total. The highest BCUT2D eigenvalue weighted by Crippen LogP contribution is 2.20. The molecule has 0 spiro atoms. The molecule has 4 aromatic rings. The minimum absolute atomic E-state index is 0.147. The molecule has 0 saturated heterocycles. The summed E-state index contributed by atoms with van der Waals surface area (Å²) in [4.78, 5) is 26.6. The third-order valence-corrected chi connectivity index (χ3v) is 5.15. The first-order valence-corrected chi connectivity index (χ1v) is 9.88. The molecule has 3 aromatic carbocycles. The van der Waals surface area contributed by atoms with Gasteiger partial charge in [0.15, 0.2) is 0 Å². The SMILES string of the molecule is COc1ccc(Cc2c(O)n(Cc3ccccc3)c(=O)n(-c3ccccc3)c2=O)cc1. The molecule has 6 nitrogen and oxygen atoms in total. The average Bonchev–Trinajstić information content (AvgIpc) is 2.81. The van der Waals surface area contributed by atoms with Crippen LogP contribution in [0.2, 0.25) is 0 Å². The van der Waals surface area contributed by atoms with Crippen LogP contribution in [0, 0.1) is 0 Å². The molecule has 0 fully saturated rings. The summed E-state index contributed by atoms with van der Waals surface area (Å²) in [6.45, 7) is 0.147. The Labute approximate surface area is 179 Å². The Morgan fingerprint density at radius 3 is 2.03 bits per heavy atom. The Bertz CT molecular complexity index is 1290. The van der Waals surface area contributed by atoms with Gasteiger partial charge in [0.25, 0.3) is 5.56 Å². The van der Waals surface area contributed by atoms with Gasteiger partial charge in [-0.15, -0.1) is 0 Å². The van der Waals surface area contributed by atoms with Crippen LogP contribution in [0.3, 0.4) is 0 Å². The summed E-state index contributed by atoms with van der Waals surface area (Å²) in [6.07, 6.45) is 0.177. The van der Waals surface area contributed by atoms with E-state index in [0.717, 1.165) is 15.7 Å². The zero-order valence-corrected chi connectivity index (χ0v) is 17.1. The number of benzene rings is 3. The van der Waals surface area contributed by atoms with E-state index in [9.17, 15) is 14.7 Å². The van der Waals surface area contributed by atoms with E-state index >= 15 is 0 Å². The zero-order chi connectivity index (χ0) is 21.8. The van der Waals surface area contributed by atoms with Crippen molar-refractivity contribution in [2.24, 2.45) is 0 Å². The second-order valence-electron chi connectivity index (χ2n) is 7.16. The lowest BCUT2D eigenvalue weighted by atomic mass is 10.1. The quantitative estimate of drug-likeness (QED) is 0.525. The highest BCUT2D eigenvalue weighted by atomic mass is 16.5. The number of ether oxygens (including phenoxy) is 1. The average molecular weight is 414 g/mol. The van der Waals surface area contributed by atoms with Crippen molar-refractivity contribution in [3.63, 3.8) is 0 Å². The Morgan fingerprint density at radius 1 is 0.806 bits per heavy atom. The van der Waals surface area contributed by atoms with Gasteiger partial charge in [-0.3, -0.25) is 9.36 Å². The minimum atomic E-state index is -0.587. The van der Waals surface area contributed by atoms with E-state index < -0.39 is 11.2 Å². The van der Waals surface area contributed by atoms with Crippen LogP contribution in [0.15, 0.2) is 94.5 Å². The van der Waals surface area contributed by atoms with E-state index in [2.05, 4.69) is 0 Å². The maximum absolute atomic E-state index is 13.3. The molecule has 0 atom stereocenters. The minimum Gasteiger partial charge on any atom is -0.497 e. The van der Waals surface area contributed by atoms with E-state index in [-0.39, 0.29) is 24.4 Å². The topological polar surface area (TPSA) is 73.5 Å². The molecule has 0 unspecified atom stereocenters. The largest absolute Gasteiger partial charge is 0.497 e. The number of para-hydroxylation sites is 1. The fourth-order valence-electron chi connectivity index (χ4n) is 3.51. The molecular formula is C25H22N2O4. The Kier molecular flexibility index (Phi) is 5.71. The molecule has 0 bridgehead atoms. The van der Waals surface area contributed by atoms with Crippen LogP contribution in [0.1, 0.15) is 16.7 Å². The van der Waals surface area contributed by atoms with Gasteiger partial charge in [-0.1, -0.05) is 60.7 Å². The highest BCUT2D eigenvalue weighted by molar-refractivity contribution is 5.38. The molecule has 0 aliphatic carbocycles. The molecule has 0 saturated carbocycles. The second kappa shape index (κ2) is 8.75. The van der Waals surface area contributed by atoms with Gasteiger partial charge in [0, 0.05) is 6.42 Å². The van der Waals surface area contributed by atoms with Gasteiger partial charge in [0.2, 0.25) is 5.88 Å². The van der Waals surface area contributed by atoms with Crippen molar-refractivity contribution in [1.82, 2.24) is 9.13 Å². The lowest BCUT2D eigenvalue weighted by molar-refractivity contribution is 0.398. The molecule has 0 aliphatic rings. The Hall–Kier alpha value is -4.06. The summed E-state index contributed by atoms with van der Waals surface area (Å²) in [7, 11) is 1.58. The third-order valence-electron chi connectivity index (χ3n) is 5.15. The smallest absolute Gasteiger partial charge is 0.338 e. The highest BCUT2D eigenvalue weighted by Gasteiger charge is 2.20. The summed E-state index contributed by atoms with van der Waals surface area (Å²) < 4.78 is 7.54. The van der Waals surface area contributed by atoms with Gasteiger partial charge in [-0.2, -0.15) is 0 Å². The van der Waals surface area contributed by atoms with E-state index in [0.29, 0.717) is 11.4 Å². The van der Waals surface area contributed by atoms with Gasteiger partial charge >= 0.3 is 5.69 Å². The third kappa shape index (κ3) is 4.14. The first-order chi connectivity index (χ1) is 15.1. The number of aromatic nitrogens is 2. The molecular weight excluding hydrogens is 392 g/mol. The molecule has 1 heterocycles. The maximum Gasteiger partial charge on any atom is 0.338 e. The molecule has 6 heteroatoms. The van der Waals surface area contributed by atoms with Crippen molar-refractivity contribution in [2.45, 2.75) is 13.0 Å². The number of aromatic hydroxyl groups is 1. The lowest BCUT2D eigenvalue weighted by Crippen LogP contribution is -2.40. The van der Waals surface area contributed by atoms with Crippen molar-refractivity contribution in [1.29, 1.82) is 0 Å². The fraction of sp³-hybridized carbons (Fsp3) is 0.120.